The summed E-state index contributed by atoms with van der Waals surface area (Å²) in [6, 6.07) is 0. The van der Waals surface area contributed by atoms with Gasteiger partial charge in [-0.05, 0) is 32.9 Å². The highest BCUT2D eigenvalue weighted by molar-refractivity contribution is 5.86. The Kier molecular flexibility index (Phi) is 5.85. The van der Waals surface area contributed by atoms with E-state index in [1.807, 2.05) is 11.8 Å². The Morgan fingerprint density at radius 1 is 1.44 bits per heavy atom. The molecule has 2 saturated heterocycles. The first-order valence-corrected chi connectivity index (χ1v) is 6.35. The van der Waals surface area contributed by atoms with Crippen molar-refractivity contribution in [1.82, 2.24) is 10.2 Å². The third kappa shape index (κ3) is 3.15. The average molecular weight is 279 g/mol. The first-order chi connectivity index (χ1) is 8.18. The van der Waals surface area contributed by atoms with Gasteiger partial charge in [0.05, 0.1) is 12.7 Å². The molecule has 5 nitrogen and oxygen atoms in total. The number of morpholine rings is 1. The van der Waals surface area contributed by atoms with Crippen LogP contribution in [0.1, 0.15) is 19.8 Å². The van der Waals surface area contributed by atoms with Gasteiger partial charge in [-0.1, -0.05) is 0 Å². The van der Waals surface area contributed by atoms with Crippen molar-refractivity contribution in [2.45, 2.75) is 31.5 Å². The molecule has 0 saturated carbocycles. The second-order valence-electron chi connectivity index (χ2n) is 4.88. The summed E-state index contributed by atoms with van der Waals surface area (Å²) in [4.78, 5) is 14.5. The molecule has 2 heterocycles. The first-order valence-electron chi connectivity index (χ1n) is 6.35. The van der Waals surface area contributed by atoms with Gasteiger partial charge in [0.15, 0.2) is 0 Å². The lowest BCUT2D eigenvalue weighted by Gasteiger charge is -2.41. The van der Waals surface area contributed by atoms with Crippen molar-refractivity contribution in [3.63, 3.8) is 0 Å². The molecule has 1 N–H and O–H groups in total. The Hall–Kier alpha value is -0.360. The van der Waals surface area contributed by atoms with Gasteiger partial charge in [0.1, 0.15) is 5.60 Å². The number of carbonyl (C=O) groups is 1. The van der Waals surface area contributed by atoms with Gasteiger partial charge in [-0.25, -0.2) is 0 Å². The number of amides is 1. The van der Waals surface area contributed by atoms with E-state index < -0.39 is 5.60 Å². The van der Waals surface area contributed by atoms with Crippen LogP contribution in [0.5, 0.6) is 0 Å². The van der Waals surface area contributed by atoms with Gasteiger partial charge in [0, 0.05) is 20.2 Å². The minimum atomic E-state index is -0.609. The van der Waals surface area contributed by atoms with Gasteiger partial charge in [0.25, 0.3) is 5.91 Å². The molecule has 0 bridgehead atoms. The van der Waals surface area contributed by atoms with Crippen LogP contribution in [-0.4, -0.2) is 62.4 Å². The number of nitrogens with one attached hydrogen (secondary N) is 1. The summed E-state index contributed by atoms with van der Waals surface area (Å²) in [5, 5.41) is 3.26. The molecule has 0 aromatic carbocycles. The van der Waals surface area contributed by atoms with Gasteiger partial charge >= 0.3 is 0 Å². The van der Waals surface area contributed by atoms with E-state index in [0.717, 1.165) is 25.9 Å². The predicted octanol–water partition coefficient (Wildman–Crippen LogP) is 0.424. The van der Waals surface area contributed by atoms with E-state index in [4.69, 9.17) is 9.47 Å². The molecule has 1 atom stereocenters. The first kappa shape index (κ1) is 15.7. The van der Waals surface area contributed by atoms with Crippen LogP contribution in [-0.2, 0) is 14.3 Å². The number of ether oxygens (including phenoxy) is 2. The van der Waals surface area contributed by atoms with Crippen LogP contribution in [0.25, 0.3) is 0 Å². The topological polar surface area (TPSA) is 50.8 Å². The van der Waals surface area contributed by atoms with Crippen molar-refractivity contribution in [3.8, 4) is 0 Å². The molecular weight excluding hydrogens is 256 g/mol. The van der Waals surface area contributed by atoms with Crippen LogP contribution in [0.3, 0.4) is 0 Å². The molecule has 2 fully saturated rings. The van der Waals surface area contributed by atoms with E-state index in [1.165, 1.54) is 0 Å². The summed E-state index contributed by atoms with van der Waals surface area (Å²) < 4.78 is 11.0. The fraction of sp³-hybridized carbons (Fsp3) is 0.917. The number of hydrogen-bond acceptors (Lipinski definition) is 4. The summed E-state index contributed by atoms with van der Waals surface area (Å²) in [6.07, 6.45) is 1.64. The fourth-order valence-corrected chi connectivity index (χ4v) is 2.63. The highest BCUT2D eigenvalue weighted by Crippen LogP contribution is 2.26. The zero-order valence-electron chi connectivity index (χ0n) is 11.1. The van der Waals surface area contributed by atoms with Crippen LogP contribution in [0, 0.1) is 0 Å². The molecule has 106 valence electrons. The lowest BCUT2D eigenvalue weighted by molar-refractivity contribution is -0.164. The Bertz CT molecular complexity index is 282. The van der Waals surface area contributed by atoms with Crippen LogP contribution in [0.2, 0.25) is 0 Å². The highest BCUT2D eigenvalue weighted by atomic mass is 35.5. The summed E-state index contributed by atoms with van der Waals surface area (Å²) in [5.41, 5.74) is -0.609. The maximum absolute atomic E-state index is 12.6. The second kappa shape index (κ2) is 6.70. The number of carbonyl (C=O) groups excluding carboxylic acids is 1. The summed E-state index contributed by atoms with van der Waals surface area (Å²) in [5.74, 6) is 0.136. The number of rotatable bonds is 2. The molecule has 0 spiro atoms. The summed E-state index contributed by atoms with van der Waals surface area (Å²) in [7, 11) is 1.65. The van der Waals surface area contributed by atoms with Gasteiger partial charge in [-0.15, -0.1) is 12.4 Å². The zero-order valence-corrected chi connectivity index (χ0v) is 11.9. The van der Waals surface area contributed by atoms with Crippen LogP contribution >= 0.6 is 12.4 Å². The molecule has 2 aliphatic heterocycles. The Labute approximate surface area is 115 Å². The lowest BCUT2D eigenvalue weighted by Crippen LogP contribution is -2.58. The standard InChI is InChI=1S/C12H22N2O3.ClH/c1-10-9-14(7-8-17-10)11(15)12(16-2)3-5-13-6-4-12;/h10,13H,3-9H2,1-2H3;1H. The fourth-order valence-electron chi connectivity index (χ4n) is 2.63. The molecule has 1 unspecified atom stereocenters. The predicted molar refractivity (Wildman–Crippen MR) is 71.1 cm³/mol. The van der Waals surface area contributed by atoms with E-state index in [0.29, 0.717) is 19.7 Å². The van der Waals surface area contributed by atoms with Crippen molar-refractivity contribution >= 4 is 18.3 Å². The normalized spacial score (nSPS) is 27.4. The molecule has 6 heteroatoms. The Morgan fingerprint density at radius 2 is 2.11 bits per heavy atom. The smallest absolute Gasteiger partial charge is 0.255 e. The van der Waals surface area contributed by atoms with Gasteiger partial charge in [-0.3, -0.25) is 4.79 Å². The van der Waals surface area contributed by atoms with Crippen molar-refractivity contribution < 1.29 is 14.3 Å². The van der Waals surface area contributed by atoms with E-state index in [-0.39, 0.29) is 24.4 Å². The van der Waals surface area contributed by atoms with Crippen LogP contribution < -0.4 is 5.32 Å². The highest BCUT2D eigenvalue weighted by Gasteiger charge is 2.43. The van der Waals surface area contributed by atoms with Crippen molar-refractivity contribution in [2.24, 2.45) is 0 Å². The molecule has 2 aliphatic rings. The molecule has 1 amide bonds. The Balaban J connectivity index is 0.00000162. The van der Waals surface area contributed by atoms with Crippen LogP contribution in [0.4, 0.5) is 0 Å². The van der Waals surface area contributed by atoms with E-state index in [1.54, 1.807) is 7.11 Å². The second-order valence-corrected chi connectivity index (χ2v) is 4.88. The van der Waals surface area contributed by atoms with Crippen LogP contribution in [0.15, 0.2) is 0 Å². The van der Waals surface area contributed by atoms with Crippen molar-refractivity contribution in [1.29, 1.82) is 0 Å². The third-order valence-corrected chi connectivity index (χ3v) is 3.72. The summed E-state index contributed by atoms with van der Waals surface area (Å²) in [6.45, 7) is 5.68. The van der Waals surface area contributed by atoms with E-state index >= 15 is 0 Å². The molecule has 0 aromatic heterocycles. The minimum Gasteiger partial charge on any atom is -0.375 e. The number of nitrogens with zero attached hydrogens (tertiary/aromatic N) is 1. The number of piperidine rings is 1. The largest absolute Gasteiger partial charge is 0.375 e. The van der Waals surface area contributed by atoms with E-state index in [9.17, 15) is 4.79 Å². The van der Waals surface area contributed by atoms with Gasteiger partial charge in [0.2, 0.25) is 0 Å². The SMILES string of the molecule is COC1(C(=O)N2CCOC(C)C2)CCNCC1.Cl. The minimum absolute atomic E-state index is 0. The van der Waals surface area contributed by atoms with Gasteiger partial charge < -0.3 is 19.7 Å². The monoisotopic (exact) mass is 278 g/mol. The Morgan fingerprint density at radius 3 is 2.67 bits per heavy atom. The van der Waals surface area contributed by atoms with Crippen molar-refractivity contribution in [3.05, 3.63) is 0 Å². The zero-order chi connectivity index (χ0) is 12.3. The number of hydrogen-bond donors (Lipinski definition) is 1. The molecule has 0 radical (unpaired) electrons. The third-order valence-electron chi connectivity index (χ3n) is 3.72. The van der Waals surface area contributed by atoms with E-state index in [2.05, 4.69) is 5.32 Å². The van der Waals surface area contributed by atoms with Crippen molar-refractivity contribution in [2.75, 3.05) is 39.9 Å². The average Bonchev–Trinajstić information content (AvgIpc) is 2.38. The molecule has 18 heavy (non-hydrogen) atoms. The quantitative estimate of drug-likeness (QED) is 0.796. The lowest BCUT2D eigenvalue weighted by atomic mass is 9.90. The summed E-state index contributed by atoms with van der Waals surface area (Å²) >= 11 is 0. The molecule has 2 rings (SSSR count). The molecular formula is C12H23ClN2O3. The molecule has 0 aromatic rings. The maximum Gasteiger partial charge on any atom is 0.255 e. The molecule has 0 aliphatic carbocycles. The number of halogens is 1. The maximum atomic E-state index is 12.6. The number of methoxy groups -OCH3 is 1. The van der Waals surface area contributed by atoms with Gasteiger partial charge in [-0.2, -0.15) is 0 Å².